The van der Waals surface area contributed by atoms with E-state index >= 15 is 0 Å². The first-order valence-corrected chi connectivity index (χ1v) is 12.9. The van der Waals surface area contributed by atoms with Gasteiger partial charge in [-0.15, -0.1) is 0 Å². The lowest BCUT2D eigenvalue weighted by Gasteiger charge is -2.37. The minimum Gasteiger partial charge on any atom is -0.508 e. The highest BCUT2D eigenvalue weighted by molar-refractivity contribution is 6.10. The molecule has 0 aromatic heterocycles. The number of methoxy groups -OCH3 is 2. The van der Waals surface area contributed by atoms with Crippen LogP contribution in [-0.2, 0) is 9.59 Å². The second kappa shape index (κ2) is 10.7. The molecule has 0 radical (unpaired) electrons. The molecule has 0 unspecified atom stereocenters. The molecule has 2 atom stereocenters. The maximum atomic E-state index is 13.9. The van der Waals surface area contributed by atoms with Gasteiger partial charge in [0.25, 0.3) is 5.91 Å². The summed E-state index contributed by atoms with van der Waals surface area (Å²) in [6.07, 6.45) is 0.882. The lowest BCUT2D eigenvalue weighted by Crippen LogP contribution is -2.37. The Morgan fingerprint density at radius 3 is 2.36 bits per heavy atom. The van der Waals surface area contributed by atoms with E-state index < -0.39 is 5.92 Å². The number of carbonyl (C=O) groups excluding carboxylic acids is 2. The minimum atomic E-state index is -0.613. The Morgan fingerprint density at radius 1 is 0.923 bits per heavy atom. The van der Waals surface area contributed by atoms with Gasteiger partial charge in [0.2, 0.25) is 0 Å². The number of dihydropyridines is 1. The summed E-state index contributed by atoms with van der Waals surface area (Å²) in [7, 11) is 3.18. The zero-order valence-corrected chi connectivity index (χ0v) is 22.5. The molecule has 7 nitrogen and oxygen atoms in total. The molecule has 5 rings (SSSR count). The van der Waals surface area contributed by atoms with Crippen molar-refractivity contribution in [2.75, 3.05) is 19.5 Å². The number of ketones is 1. The van der Waals surface area contributed by atoms with Gasteiger partial charge in [-0.2, -0.15) is 0 Å². The van der Waals surface area contributed by atoms with Gasteiger partial charge in [0.15, 0.2) is 17.3 Å². The van der Waals surface area contributed by atoms with Crippen LogP contribution in [0.4, 0.5) is 5.69 Å². The molecule has 0 saturated heterocycles. The van der Waals surface area contributed by atoms with Crippen LogP contribution < -0.4 is 20.1 Å². The Balaban J connectivity index is 1.54. The molecule has 0 saturated carbocycles. The Bertz CT molecular complexity index is 1500. The number of Topliss-reactive ketones (excluding diaryl/α,β-unsaturated/α-hetero) is 1. The fourth-order valence-corrected chi connectivity index (χ4v) is 5.56. The molecule has 3 aromatic rings. The maximum Gasteiger partial charge on any atom is 0.254 e. The van der Waals surface area contributed by atoms with Crippen LogP contribution in [0.3, 0.4) is 0 Å². The number of allylic oxidation sites excluding steroid dienone is 3. The van der Waals surface area contributed by atoms with Crippen molar-refractivity contribution in [2.24, 2.45) is 0 Å². The molecule has 1 aliphatic heterocycles. The van der Waals surface area contributed by atoms with E-state index in [9.17, 15) is 14.7 Å². The molecule has 7 heteroatoms. The molecule has 39 heavy (non-hydrogen) atoms. The van der Waals surface area contributed by atoms with Crippen LogP contribution >= 0.6 is 0 Å². The third-order valence-electron chi connectivity index (χ3n) is 7.46. The largest absolute Gasteiger partial charge is 0.508 e. The number of amides is 1. The lowest BCUT2D eigenvalue weighted by molar-refractivity contribution is -0.116. The fourth-order valence-electron chi connectivity index (χ4n) is 5.56. The maximum absolute atomic E-state index is 13.9. The molecule has 2 aliphatic rings. The number of aryl methyl sites for hydroxylation is 1. The van der Waals surface area contributed by atoms with Crippen LogP contribution in [-0.4, -0.2) is 31.0 Å². The number of phenolic OH excluding ortho intramolecular Hbond substituents is 1. The zero-order valence-electron chi connectivity index (χ0n) is 22.5. The van der Waals surface area contributed by atoms with Crippen molar-refractivity contribution in [2.45, 2.75) is 38.5 Å². The number of nitrogens with one attached hydrogen (secondary N) is 2. The molecule has 0 spiro atoms. The highest BCUT2D eigenvalue weighted by Crippen LogP contribution is 2.46. The highest BCUT2D eigenvalue weighted by Gasteiger charge is 2.41. The third kappa shape index (κ3) is 5.12. The van der Waals surface area contributed by atoms with Crippen molar-refractivity contribution in [1.29, 1.82) is 0 Å². The SMILES string of the molecule is COc1ccc([C@@H]2CC(=O)C3=C(C2)NC(C)=C(C(=O)Nc2ccc(C)cc2)[C@H]3c2cccc(O)c2)cc1OC. The van der Waals surface area contributed by atoms with Crippen molar-refractivity contribution in [3.05, 3.63) is 106 Å². The van der Waals surface area contributed by atoms with E-state index in [0.29, 0.717) is 46.0 Å². The van der Waals surface area contributed by atoms with Crippen LogP contribution in [0.15, 0.2) is 89.3 Å². The summed E-state index contributed by atoms with van der Waals surface area (Å²) in [5.41, 5.74) is 5.92. The third-order valence-corrected chi connectivity index (χ3v) is 7.46. The first-order chi connectivity index (χ1) is 18.8. The smallest absolute Gasteiger partial charge is 0.254 e. The van der Waals surface area contributed by atoms with Gasteiger partial charge in [0.05, 0.1) is 14.2 Å². The normalized spacial score (nSPS) is 18.8. The zero-order chi connectivity index (χ0) is 27.7. The Labute approximate surface area is 228 Å². The van der Waals surface area contributed by atoms with E-state index in [1.165, 1.54) is 0 Å². The number of aromatic hydroxyl groups is 1. The first kappa shape index (κ1) is 26.1. The average molecular weight is 525 g/mol. The number of carbonyl (C=O) groups is 2. The summed E-state index contributed by atoms with van der Waals surface area (Å²) in [6, 6.07) is 20.1. The standard InChI is InChI=1S/C32H32N2O5/c1-18-8-11-23(12-9-18)34-32(37)29-19(2)33-25-15-22(20-10-13-27(38-3)28(17-20)39-4)16-26(36)31(25)30(29)21-6-5-7-24(35)14-21/h5-14,17,22,30,33,35H,15-16H2,1-4H3,(H,34,37)/t22-,30+/m0/s1. The van der Waals surface area contributed by atoms with Crippen molar-refractivity contribution < 1.29 is 24.2 Å². The Kier molecular flexibility index (Phi) is 7.15. The summed E-state index contributed by atoms with van der Waals surface area (Å²) in [6.45, 7) is 3.84. The van der Waals surface area contributed by atoms with E-state index in [1.807, 2.05) is 62.4 Å². The molecule has 3 N–H and O–H groups in total. The van der Waals surface area contributed by atoms with Crippen LogP contribution in [0, 0.1) is 6.92 Å². The topological polar surface area (TPSA) is 96.9 Å². The quantitative estimate of drug-likeness (QED) is 0.382. The predicted molar refractivity (Wildman–Crippen MR) is 150 cm³/mol. The summed E-state index contributed by atoms with van der Waals surface area (Å²) in [4.78, 5) is 27.6. The average Bonchev–Trinajstić information content (AvgIpc) is 2.92. The van der Waals surface area contributed by atoms with E-state index in [0.717, 1.165) is 16.8 Å². The van der Waals surface area contributed by atoms with Gasteiger partial charge in [0.1, 0.15) is 5.75 Å². The van der Waals surface area contributed by atoms with Gasteiger partial charge in [-0.1, -0.05) is 35.9 Å². The van der Waals surface area contributed by atoms with Gasteiger partial charge in [0, 0.05) is 40.6 Å². The predicted octanol–water partition coefficient (Wildman–Crippen LogP) is 5.72. The van der Waals surface area contributed by atoms with Crippen molar-refractivity contribution in [3.63, 3.8) is 0 Å². The van der Waals surface area contributed by atoms with Gasteiger partial charge in [-0.3, -0.25) is 9.59 Å². The minimum absolute atomic E-state index is 0.0370. The Morgan fingerprint density at radius 2 is 1.67 bits per heavy atom. The summed E-state index contributed by atoms with van der Waals surface area (Å²) >= 11 is 0. The van der Waals surface area contributed by atoms with E-state index in [2.05, 4.69) is 10.6 Å². The van der Waals surface area contributed by atoms with Crippen LogP contribution in [0.1, 0.15) is 48.3 Å². The van der Waals surface area contributed by atoms with Gasteiger partial charge in [-0.05, 0) is 73.7 Å². The van der Waals surface area contributed by atoms with Crippen LogP contribution in [0.5, 0.6) is 17.2 Å². The van der Waals surface area contributed by atoms with Gasteiger partial charge < -0.3 is 25.2 Å². The van der Waals surface area contributed by atoms with E-state index in [1.54, 1.807) is 32.4 Å². The number of anilines is 1. The molecule has 200 valence electrons. The second-order valence-electron chi connectivity index (χ2n) is 10.0. The number of phenols is 1. The van der Waals surface area contributed by atoms with Crippen LogP contribution in [0.2, 0.25) is 0 Å². The van der Waals surface area contributed by atoms with E-state index in [4.69, 9.17) is 9.47 Å². The number of ether oxygens (including phenoxy) is 2. The fraction of sp³-hybridized carbons (Fsp3) is 0.250. The number of hydrogen-bond acceptors (Lipinski definition) is 6. The summed E-state index contributed by atoms with van der Waals surface area (Å²) < 4.78 is 10.9. The molecule has 1 heterocycles. The number of hydrogen-bond donors (Lipinski definition) is 3. The second-order valence-corrected chi connectivity index (χ2v) is 10.0. The van der Waals surface area contributed by atoms with Crippen LogP contribution in [0.25, 0.3) is 0 Å². The molecule has 0 fully saturated rings. The lowest BCUT2D eigenvalue weighted by atomic mass is 9.71. The molecule has 3 aromatic carbocycles. The number of rotatable bonds is 6. The highest BCUT2D eigenvalue weighted by atomic mass is 16.5. The van der Waals surface area contributed by atoms with Crippen molar-refractivity contribution >= 4 is 17.4 Å². The van der Waals surface area contributed by atoms with Crippen molar-refractivity contribution in [3.8, 4) is 17.2 Å². The molecule has 1 amide bonds. The molecule has 1 aliphatic carbocycles. The van der Waals surface area contributed by atoms with Crippen molar-refractivity contribution in [1.82, 2.24) is 5.32 Å². The molecule has 0 bridgehead atoms. The summed E-state index contributed by atoms with van der Waals surface area (Å²) in [5, 5.41) is 16.7. The van der Waals surface area contributed by atoms with Gasteiger partial charge in [-0.25, -0.2) is 0 Å². The van der Waals surface area contributed by atoms with Gasteiger partial charge >= 0.3 is 0 Å². The number of benzene rings is 3. The molecular weight excluding hydrogens is 492 g/mol. The first-order valence-electron chi connectivity index (χ1n) is 12.9. The van der Waals surface area contributed by atoms with E-state index in [-0.39, 0.29) is 29.8 Å². The monoisotopic (exact) mass is 524 g/mol. The summed E-state index contributed by atoms with van der Waals surface area (Å²) in [5.74, 6) is 0.314. The molecular formula is C32H32N2O5. The Hall–Kier alpha value is -4.52.